The second kappa shape index (κ2) is 3.94. The third-order valence-corrected chi connectivity index (χ3v) is 2.92. The molecule has 1 heterocycles. The lowest BCUT2D eigenvalue weighted by atomic mass is 10.0. The predicted molar refractivity (Wildman–Crippen MR) is 56.3 cm³/mol. The first kappa shape index (κ1) is 10.6. The molecule has 1 aromatic rings. The molecule has 0 saturated heterocycles. The highest BCUT2D eigenvalue weighted by Crippen LogP contribution is 2.35. The molecular formula is C11H18N2O2. The number of hydrogen-bond acceptors (Lipinski definition) is 4. The molecule has 0 radical (unpaired) electrons. The Kier molecular flexibility index (Phi) is 2.80. The first-order valence-corrected chi connectivity index (χ1v) is 5.45. The summed E-state index contributed by atoms with van der Waals surface area (Å²) < 4.78 is 5.36. The number of nitrogens with two attached hydrogens (primary N) is 1. The summed E-state index contributed by atoms with van der Waals surface area (Å²) >= 11 is 0. The minimum atomic E-state index is -0.716. The smallest absolute Gasteiger partial charge is 0.191 e. The zero-order valence-corrected chi connectivity index (χ0v) is 9.23. The molecule has 84 valence electrons. The molecule has 15 heavy (non-hydrogen) atoms. The van der Waals surface area contributed by atoms with Crippen LogP contribution in [0.15, 0.2) is 4.42 Å². The number of aliphatic hydroxyl groups excluding tert-OH is 1. The van der Waals surface area contributed by atoms with Crippen LogP contribution in [0.2, 0.25) is 0 Å². The maximum absolute atomic E-state index is 10.0. The highest BCUT2D eigenvalue weighted by Gasteiger charge is 2.30. The molecule has 4 heteroatoms. The van der Waals surface area contributed by atoms with Crippen molar-refractivity contribution in [2.45, 2.75) is 45.3 Å². The minimum Gasteiger partial charge on any atom is -0.443 e. The lowest BCUT2D eigenvalue weighted by molar-refractivity contribution is 0.113. The van der Waals surface area contributed by atoms with Crippen LogP contribution in [0.3, 0.4) is 0 Å². The number of oxazole rings is 1. The van der Waals surface area contributed by atoms with E-state index >= 15 is 0 Å². The summed E-state index contributed by atoms with van der Waals surface area (Å²) in [5, 5.41) is 10.0. The van der Waals surface area contributed by atoms with Gasteiger partial charge in [0.25, 0.3) is 0 Å². The predicted octanol–water partition coefficient (Wildman–Crippen LogP) is 1.45. The molecule has 0 bridgehead atoms. The van der Waals surface area contributed by atoms with E-state index in [1.807, 2.05) is 6.92 Å². The third kappa shape index (κ3) is 2.38. The Morgan fingerprint density at radius 2 is 2.20 bits per heavy atom. The number of rotatable bonds is 4. The maximum Gasteiger partial charge on any atom is 0.191 e. The Labute approximate surface area is 89.5 Å². The zero-order chi connectivity index (χ0) is 11.0. The highest BCUT2D eigenvalue weighted by molar-refractivity contribution is 5.12. The van der Waals surface area contributed by atoms with Crippen molar-refractivity contribution in [2.75, 3.05) is 0 Å². The molecule has 2 rings (SSSR count). The van der Waals surface area contributed by atoms with Gasteiger partial charge in [-0.3, -0.25) is 0 Å². The molecule has 1 aliphatic rings. The van der Waals surface area contributed by atoms with Crippen molar-refractivity contribution in [1.29, 1.82) is 0 Å². The van der Waals surface area contributed by atoms with Gasteiger partial charge < -0.3 is 15.3 Å². The second-order valence-electron chi connectivity index (χ2n) is 4.47. The average Bonchev–Trinajstić information content (AvgIpc) is 2.90. The van der Waals surface area contributed by atoms with Crippen molar-refractivity contribution in [3.05, 3.63) is 17.3 Å². The number of aryl methyl sites for hydroxylation is 2. The monoisotopic (exact) mass is 210 g/mol. The summed E-state index contributed by atoms with van der Waals surface area (Å²) in [6.45, 7) is 3.61. The fourth-order valence-corrected chi connectivity index (χ4v) is 1.88. The molecule has 1 aromatic heterocycles. The quantitative estimate of drug-likeness (QED) is 0.789. The summed E-state index contributed by atoms with van der Waals surface area (Å²) in [4.78, 5) is 4.13. The van der Waals surface area contributed by atoms with Gasteiger partial charge in [0.15, 0.2) is 11.7 Å². The van der Waals surface area contributed by atoms with Crippen molar-refractivity contribution in [2.24, 2.45) is 11.7 Å². The first-order valence-electron chi connectivity index (χ1n) is 5.45. The van der Waals surface area contributed by atoms with E-state index in [1.54, 1.807) is 6.92 Å². The number of aliphatic hydroxyl groups is 1. The fraction of sp³-hybridized carbons (Fsp3) is 0.727. The third-order valence-electron chi connectivity index (χ3n) is 2.92. The van der Waals surface area contributed by atoms with E-state index in [2.05, 4.69) is 4.98 Å². The summed E-state index contributed by atoms with van der Waals surface area (Å²) in [6.07, 6.45) is 2.65. The summed E-state index contributed by atoms with van der Waals surface area (Å²) in [5.74, 6) is 1.82. The molecular weight excluding hydrogens is 192 g/mol. The summed E-state index contributed by atoms with van der Waals surface area (Å²) in [6, 6.07) is -0.233. The Morgan fingerprint density at radius 3 is 2.67 bits per heavy atom. The van der Waals surface area contributed by atoms with Crippen LogP contribution in [-0.4, -0.2) is 16.1 Å². The van der Waals surface area contributed by atoms with Gasteiger partial charge in [-0.1, -0.05) is 12.8 Å². The topological polar surface area (TPSA) is 72.3 Å². The molecule has 0 aliphatic heterocycles. The van der Waals surface area contributed by atoms with Gasteiger partial charge in [0.2, 0.25) is 0 Å². The first-order chi connectivity index (χ1) is 7.08. The lowest BCUT2D eigenvalue weighted by Gasteiger charge is -2.16. The standard InChI is InChI=1S/C11H18N2O2/c1-6-11(15-7(2)13-6)10(14)9(12)5-8-3-4-8/h8-10,14H,3-5,12H2,1-2H3. The van der Waals surface area contributed by atoms with E-state index in [9.17, 15) is 5.11 Å². The Hall–Kier alpha value is -0.870. The van der Waals surface area contributed by atoms with E-state index in [0.717, 1.165) is 12.1 Å². The molecule has 1 fully saturated rings. The van der Waals surface area contributed by atoms with Gasteiger partial charge in [-0.05, 0) is 19.3 Å². The van der Waals surface area contributed by atoms with Crippen LogP contribution in [0.5, 0.6) is 0 Å². The zero-order valence-electron chi connectivity index (χ0n) is 9.23. The van der Waals surface area contributed by atoms with Crippen LogP contribution in [0.25, 0.3) is 0 Å². The van der Waals surface area contributed by atoms with Gasteiger partial charge in [-0.2, -0.15) is 0 Å². The van der Waals surface area contributed by atoms with Crippen LogP contribution in [0.1, 0.15) is 42.7 Å². The van der Waals surface area contributed by atoms with Crippen molar-refractivity contribution < 1.29 is 9.52 Å². The van der Waals surface area contributed by atoms with Crippen LogP contribution < -0.4 is 5.73 Å². The normalized spacial score (nSPS) is 20.3. The maximum atomic E-state index is 10.0. The van der Waals surface area contributed by atoms with Crippen LogP contribution in [0, 0.1) is 19.8 Å². The molecule has 4 nitrogen and oxygen atoms in total. The van der Waals surface area contributed by atoms with E-state index in [-0.39, 0.29) is 6.04 Å². The van der Waals surface area contributed by atoms with Crippen molar-refractivity contribution in [3.8, 4) is 0 Å². The molecule has 1 saturated carbocycles. The Balaban J connectivity index is 2.04. The summed E-state index contributed by atoms with van der Waals surface area (Å²) in [5.41, 5.74) is 6.67. The minimum absolute atomic E-state index is 0.233. The van der Waals surface area contributed by atoms with Gasteiger partial charge in [0.1, 0.15) is 6.10 Å². The van der Waals surface area contributed by atoms with Crippen LogP contribution in [-0.2, 0) is 0 Å². The second-order valence-corrected chi connectivity index (χ2v) is 4.47. The molecule has 3 N–H and O–H groups in total. The van der Waals surface area contributed by atoms with Crippen LogP contribution >= 0.6 is 0 Å². The van der Waals surface area contributed by atoms with E-state index in [0.29, 0.717) is 17.6 Å². The molecule has 2 atom stereocenters. The number of hydrogen-bond donors (Lipinski definition) is 2. The molecule has 1 aliphatic carbocycles. The largest absolute Gasteiger partial charge is 0.443 e. The van der Waals surface area contributed by atoms with Gasteiger partial charge in [0, 0.05) is 13.0 Å². The SMILES string of the molecule is Cc1nc(C)c(C(O)C(N)CC2CC2)o1. The van der Waals surface area contributed by atoms with Gasteiger partial charge in [-0.25, -0.2) is 4.98 Å². The molecule has 0 amide bonds. The number of nitrogens with zero attached hydrogens (tertiary/aromatic N) is 1. The Morgan fingerprint density at radius 1 is 1.53 bits per heavy atom. The van der Waals surface area contributed by atoms with Gasteiger partial charge in [-0.15, -0.1) is 0 Å². The van der Waals surface area contributed by atoms with Crippen molar-refractivity contribution in [1.82, 2.24) is 4.98 Å². The number of aromatic nitrogens is 1. The highest BCUT2D eigenvalue weighted by atomic mass is 16.4. The van der Waals surface area contributed by atoms with Crippen LogP contribution in [0.4, 0.5) is 0 Å². The lowest BCUT2D eigenvalue weighted by Crippen LogP contribution is -2.29. The fourth-order valence-electron chi connectivity index (χ4n) is 1.88. The van der Waals surface area contributed by atoms with Gasteiger partial charge in [0.05, 0.1) is 5.69 Å². The van der Waals surface area contributed by atoms with Crippen molar-refractivity contribution >= 4 is 0 Å². The molecule has 0 spiro atoms. The van der Waals surface area contributed by atoms with Crippen molar-refractivity contribution in [3.63, 3.8) is 0 Å². The van der Waals surface area contributed by atoms with E-state index in [4.69, 9.17) is 10.2 Å². The molecule has 2 unspecified atom stereocenters. The summed E-state index contributed by atoms with van der Waals surface area (Å²) in [7, 11) is 0. The van der Waals surface area contributed by atoms with E-state index in [1.165, 1.54) is 12.8 Å². The average molecular weight is 210 g/mol. The molecule has 0 aromatic carbocycles. The van der Waals surface area contributed by atoms with E-state index < -0.39 is 6.10 Å². The Bertz CT molecular complexity index is 344. The van der Waals surface area contributed by atoms with Gasteiger partial charge >= 0.3 is 0 Å².